The number of benzene rings is 1. The summed E-state index contributed by atoms with van der Waals surface area (Å²) in [7, 11) is 1.69. The third-order valence-electron chi connectivity index (χ3n) is 4.01. The SMILES string of the molecule is COCCNc1nc(-c2ccccn2)nc2scc(-c3ccccc3)c12. The maximum Gasteiger partial charge on any atom is 0.181 e. The van der Waals surface area contributed by atoms with Crippen molar-refractivity contribution in [2.75, 3.05) is 25.6 Å². The third kappa shape index (κ3) is 3.29. The Morgan fingerprint density at radius 2 is 1.88 bits per heavy atom. The molecule has 0 atom stereocenters. The molecule has 0 bridgehead atoms. The number of anilines is 1. The lowest BCUT2D eigenvalue weighted by atomic mass is 10.1. The maximum atomic E-state index is 5.17. The van der Waals surface area contributed by atoms with Gasteiger partial charge in [0.15, 0.2) is 5.82 Å². The summed E-state index contributed by atoms with van der Waals surface area (Å²) in [6.07, 6.45) is 1.75. The Bertz CT molecular complexity index is 1000. The van der Waals surface area contributed by atoms with E-state index in [2.05, 4.69) is 27.8 Å². The number of nitrogens with one attached hydrogen (secondary N) is 1. The molecule has 1 N–H and O–H groups in total. The average molecular weight is 362 g/mol. The Hall–Kier alpha value is -2.83. The second-order valence-electron chi connectivity index (χ2n) is 5.73. The molecule has 4 aromatic rings. The van der Waals surface area contributed by atoms with Crippen LogP contribution in [0.5, 0.6) is 0 Å². The van der Waals surface area contributed by atoms with Crippen molar-refractivity contribution in [2.45, 2.75) is 0 Å². The first-order chi connectivity index (χ1) is 12.9. The Morgan fingerprint density at radius 1 is 1.04 bits per heavy atom. The van der Waals surface area contributed by atoms with Gasteiger partial charge in [0.05, 0.1) is 12.0 Å². The largest absolute Gasteiger partial charge is 0.383 e. The standard InChI is InChI=1S/C20H18N4OS/c1-25-12-11-22-19-17-15(14-7-3-2-4-8-14)13-26-20(17)24-18(23-19)16-9-5-6-10-21-16/h2-10,13H,11-12H2,1H3,(H,22,23,24). The highest BCUT2D eigenvalue weighted by atomic mass is 32.1. The molecule has 0 saturated carbocycles. The summed E-state index contributed by atoms with van der Waals surface area (Å²) >= 11 is 1.62. The minimum Gasteiger partial charge on any atom is -0.383 e. The molecule has 0 saturated heterocycles. The summed E-state index contributed by atoms with van der Waals surface area (Å²) in [4.78, 5) is 14.9. The molecule has 3 heterocycles. The number of nitrogens with zero attached hydrogens (tertiary/aromatic N) is 3. The number of aromatic nitrogens is 3. The maximum absolute atomic E-state index is 5.17. The van der Waals surface area contributed by atoms with E-state index < -0.39 is 0 Å². The van der Waals surface area contributed by atoms with Gasteiger partial charge >= 0.3 is 0 Å². The first-order valence-corrected chi connectivity index (χ1v) is 9.23. The summed E-state index contributed by atoms with van der Waals surface area (Å²) in [5.41, 5.74) is 3.06. The molecule has 6 heteroatoms. The van der Waals surface area contributed by atoms with Gasteiger partial charge in [-0.25, -0.2) is 9.97 Å². The fraction of sp³-hybridized carbons (Fsp3) is 0.150. The molecule has 0 unspecified atom stereocenters. The van der Waals surface area contributed by atoms with Crippen LogP contribution in [0.1, 0.15) is 0 Å². The molecule has 0 spiro atoms. The monoisotopic (exact) mass is 362 g/mol. The zero-order valence-corrected chi connectivity index (χ0v) is 15.2. The molecule has 5 nitrogen and oxygen atoms in total. The second-order valence-corrected chi connectivity index (χ2v) is 6.58. The van der Waals surface area contributed by atoms with Crippen molar-refractivity contribution in [3.8, 4) is 22.6 Å². The number of rotatable bonds is 6. The van der Waals surface area contributed by atoms with Crippen LogP contribution in [0.2, 0.25) is 0 Å². The van der Waals surface area contributed by atoms with Crippen molar-refractivity contribution >= 4 is 27.4 Å². The predicted octanol–water partition coefficient (Wildman–Crippen LogP) is 4.48. The molecule has 130 valence electrons. The summed E-state index contributed by atoms with van der Waals surface area (Å²) < 4.78 is 5.17. The number of pyridine rings is 1. The number of methoxy groups -OCH3 is 1. The highest BCUT2D eigenvalue weighted by molar-refractivity contribution is 7.17. The minimum absolute atomic E-state index is 0.606. The molecule has 3 aromatic heterocycles. The van der Waals surface area contributed by atoms with Crippen LogP contribution < -0.4 is 5.32 Å². The number of hydrogen-bond acceptors (Lipinski definition) is 6. The van der Waals surface area contributed by atoms with Gasteiger partial charge in [-0.1, -0.05) is 36.4 Å². The Kier molecular flexibility index (Phi) is 4.86. The molecule has 0 aliphatic carbocycles. The highest BCUT2D eigenvalue weighted by Crippen LogP contribution is 2.37. The molecule has 1 aromatic carbocycles. The van der Waals surface area contributed by atoms with Gasteiger partial charge in [-0.3, -0.25) is 4.98 Å². The van der Waals surface area contributed by atoms with Crippen LogP contribution in [0.15, 0.2) is 60.1 Å². The molecular weight excluding hydrogens is 344 g/mol. The summed E-state index contributed by atoms with van der Waals surface area (Å²) in [6.45, 7) is 1.28. The van der Waals surface area contributed by atoms with E-state index in [0.717, 1.165) is 32.9 Å². The number of hydrogen-bond donors (Lipinski definition) is 1. The zero-order valence-electron chi connectivity index (χ0n) is 14.3. The van der Waals surface area contributed by atoms with Crippen molar-refractivity contribution in [3.63, 3.8) is 0 Å². The van der Waals surface area contributed by atoms with Crippen LogP contribution in [0.3, 0.4) is 0 Å². The molecule has 26 heavy (non-hydrogen) atoms. The van der Waals surface area contributed by atoms with Crippen molar-refractivity contribution in [1.29, 1.82) is 0 Å². The van der Waals surface area contributed by atoms with Gasteiger partial charge in [0.1, 0.15) is 16.3 Å². The van der Waals surface area contributed by atoms with E-state index in [0.29, 0.717) is 19.0 Å². The molecular formula is C20H18N4OS. The molecule has 0 aliphatic heterocycles. The van der Waals surface area contributed by atoms with Gasteiger partial charge < -0.3 is 10.1 Å². The lowest BCUT2D eigenvalue weighted by molar-refractivity contribution is 0.210. The summed E-state index contributed by atoms with van der Waals surface area (Å²) in [5, 5.41) is 6.57. The van der Waals surface area contributed by atoms with Crippen molar-refractivity contribution in [2.24, 2.45) is 0 Å². The van der Waals surface area contributed by atoms with Crippen molar-refractivity contribution in [3.05, 3.63) is 60.1 Å². The van der Waals surface area contributed by atoms with Crippen molar-refractivity contribution < 1.29 is 4.74 Å². The van der Waals surface area contributed by atoms with Crippen LogP contribution >= 0.6 is 11.3 Å². The molecule has 0 amide bonds. The normalized spacial score (nSPS) is 11.0. The van der Waals surface area contributed by atoms with E-state index in [1.165, 1.54) is 0 Å². The zero-order chi connectivity index (χ0) is 17.8. The van der Waals surface area contributed by atoms with E-state index in [-0.39, 0.29) is 0 Å². The summed E-state index contributed by atoms with van der Waals surface area (Å²) in [5.74, 6) is 1.44. The van der Waals surface area contributed by atoms with Gasteiger partial charge in [0.25, 0.3) is 0 Å². The van der Waals surface area contributed by atoms with Crippen LogP contribution in [0.25, 0.3) is 32.9 Å². The van der Waals surface area contributed by atoms with Crippen LogP contribution in [-0.2, 0) is 4.74 Å². The third-order valence-corrected chi connectivity index (χ3v) is 4.88. The molecule has 4 rings (SSSR count). The van der Waals surface area contributed by atoms with E-state index in [1.54, 1.807) is 24.6 Å². The van der Waals surface area contributed by atoms with Crippen LogP contribution in [0, 0.1) is 0 Å². The minimum atomic E-state index is 0.606. The van der Waals surface area contributed by atoms with E-state index in [4.69, 9.17) is 14.7 Å². The first-order valence-electron chi connectivity index (χ1n) is 8.35. The van der Waals surface area contributed by atoms with Gasteiger partial charge in [-0.05, 0) is 17.7 Å². The van der Waals surface area contributed by atoms with Gasteiger partial charge in [-0.15, -0.1) is 11.3 Å². The molecule has 0 aliphatic rings. The Balaban J connectivity index is 1.86. The predicted molar refractivity (Wildman–Crippen MR) is 106 cm³/mol. The first kappa shape index (κ1) is 16.6. The quantitative estimate of drug-likeness (QED) is 0.513. The van der Waals surface area contributed by atoms with Crippen LogP contribution in [-0.4, -0.2) is 35.2 Å². The van der Waals surface area contributed by atoms with Gasteiger partial charge in [-0.2, -0.15) is 0 Å². The van der Waals surface area contributed by atoms with Gasteiger partial charge in [0, 0.05) is 30.8 Å². The number of ether oxygens (including phenoxy) is 1. The van der Waals surface area contributed by atoms with Gasteiger partial charge in [0.2, 0.25) is 0 Å². The number of fused-ring (bicyclic) bond motifs is 1. The Labute approximate surface area is 155 Å². The lowest BCUT2D eigenvalue weighted by Gasteiger charge is -2.10. The molecule has 0 radical (unpaired) electrons. The van der Waals surface area contributed by atoms with Crippen molar-refractivity contribution in [1.82, 2.24) is 15.0 Å². The van der Waals surface area contributed by atoms with E-state index in [9.17, 15) is 0 Å². The van der Waals surface area contributed by atoms with E-state index in [1.807, 2.05) is 36.4 Å². The lowest BCUT2D eigenvalue weighted by Crippen LogP contribution is -2.10. The average Bonchev–Trinajstić information content (AvgIpc) is 3.14. The topological polar surface area (TPSA) is 59.9 Å². The highest BCUT2D eigenvalue weighted by Gasteiger charge is 2.16. The number of thiophene rings is 1. The fourth-order valence-electron chi connectivity index (χ4n) is 2.78. The van der Waals surface area contributed by atoms with Crippen LogP contribution in [0.4, 0.5) is 5.82 Å². The Morgan fingerprint density at radius 3 is 2.65 bits per heavy atom. The van der Waals surface area contributed by atoms with E-state index >= 15 is 0 Å². The summed E-state index contributed by atoms with van der Waals surface area (Å²) in [6, 6.07) is 16.1. The smallest absolute Gasteiger partial charge is 0.181 e. The second kappa shape index (κ2) is 7.59. The molecule has 0 fully saturated rings. The fourth-order valence-corrected chi connectivity index (χ4v) is 3.73.